The number of rotatable bonds is 3. The zero-order valence-corrected chi connectivity index (χ0v) is 26.6. The molecule has 5 heteroatoms. The Balaban J connectivity index is 1.31. The summed E-state index contributed by atoms with van der Waals surface area (Å²) in [6.07, 6.45) is 3.61. The molecule has 11 aromatic rings. The first-order chi connectivity index (χ1) is 24.8. The van der Waals surface area contributed by atoms with Crippen molar-refractivity contribution in [1.82, 2.24) is 15.0 Å². The SMILES string of the molecule is c1cc(-c2ccncc2)nc(-c2c3ccccc3c(-c3nc4c(ccc5c6ccccc6oc54)c4oc5ccccc5c34)c3ccccc23)c1. The summed E-state index contributed by atoms with van der Waals surface area (Å²) >= 11 is 0. The van der Waals surface area contributed by atoms with Crippen LogP contribution in [0.15, 0.2) is 161 Å². The normalized spacial score (nSPS) is 12.0. The van der Waals surface area contributed by atoms with Gasteiger partial charge in [0.05, 0.1) is 22.5 Å². The number of nitrogens with zero attached hydrogens (tertiary/aromatic N) is 3. The van der Waals surface area contributed by atoms with Crippen LogP contribution in [-0.2, 0) is 0 Å². The van der Waals surface area contributed by atoms with Gasteiger partial charge in [-0.3, -0.25) is 4.98 Å². The van der Waals surface area contributed by atoms with Crippen LogP contribution < -0.4 is 0 Å². The first kappa shape index (κ1) is 27.1. The lowest BCUT2D eigenvalue weighted by Crippen LogP contribution is -1.95. The topological polar surface area (TPSA) is 65.0 Å². The van der Waals surface area contributed by atoms with Gasteiger partial charge in [0.1, 0.15) is 22.3 Å². The predicted octanol–water partition coefficient (Wildman–Crippen LogP) is 12.1. The van der Waals surface area contributed by atoms with Crippen LogP contribution in [0.4, 0.5) is 0 Å². The molecule has 5 nitrogen and oxygen atoms in total. The Hall–Kier alpha value is -6.85. The van der Waals surface area contributed by atoms with Crippen molar-refractivity contribution < 1.29 is 8.83 Å². The third-order valence-corrected chi connectivity index (χ3v) is 9.97. The number of aromatic nitrogens is 3. The van der Waals surface area contributed by atoms with Crippen LogP contribution in [0.3, 0.4) is 0 Å². The smallest absolute Gasteiger partial charge is 0.161 e. The summed E-state index contributed by atoms with van der Waals surface area (Å²) in [5.41, 5.74) is 9.85. The number of hydrogen-bond donors (Lipinski definition) is 0. The minimum atomic E-state index is 0.759. The highest BCUT2D eigenvalue weighted by atomic mass is 16.3. The zero-order chi connectivity index (χ0) is 32.8. The van der Waals surface area contributed by atoms with Gasteiger partial charge in [-0.15, -0.1) is 0 Å². The molecule has 0 unspecified atom stereocenters. The number of furan rings is 2. The Morgan fingerprint density at radius 3 is 1.66 bits per heavy atom. The highest BCUT2D eigenvalue weighted by Crippen LogP contribution is 2.48. The lowest BCUT2D eigenvalue weighted by Gasteiger charge is -2.18. The summed E-state index contributed by atoms with van der Waals surface area (Å²) in [5.74, 6) is 0. The van der Waals surface area contributed by atoms with E-state index in [0.717, 1.165) is 110 Å². The van der Waals surface area contributed by atoms with Crippen LogP contribution in [0.25, 0.3) is 110 Å². The zero-order valence-electron chi connectivity index (χ0n) is 26.6. The molecule has 5 aromatic heterocycles. The van der Waals surface area contributed by atoms with Gasteiger partial charge in [-0.1, -0.05) is 91.0 Å². The molecule has 0 atom stereocenters. The summed E-state index contributed by atoms with van der Waals surface area (Å²) in [6, 6.07) is 48.1. The lowest BCUT2D eigenvalue weighted by molar-refractivity contribution is 0.668. The van der Waals surface area contributed by atoms with Crippen LogP contribution in [0.1, 0.15) is 0 Å². The molecule has 50 heavy (non-hydrogen) atoms. The van der Waals surface area contributed by atoms with Crippen LogP contribution in [0.5, 0.6) is 0 Å². The Bertz CT molecular complexity index is 3100. The molecule has 0 aliphatic carbocycles. The number of pyridine rings is 3. The van der Waals surface area contributed by atoms with E-state index in [-0.39, 0.29) is 0 Å². The van der Waals surface area contributed by atoms with Gasteiger partial charge in [0.2, 0.25) is 0 Å². The Morgan fingerprint density at radius 1 is 0.380 bits per heavy atom. The maximum absolute atomic E-state index is 6.73. The van der Waals surface area contributed by atoms with E-state index in [4.69, 9.17) is 18.8 Å². The molecule has 0 bridgehead atoms. The number of fused-ring (bicyclic) bond motifs is 11. The molecule has 6 aromatic carbocycles. The molecule has 0 N–H and O–H groups in total. The molecule has 0 saturated heterocycles. The minimum absolute atomic E-state index is 0.759. The number of hydrogen-bond acceptors (Lipinski definition) is 5. The van der Waals surface area contributed by atoms with Crippen LogP contribution in [0, 0.1) is 0 Å². The second-order valence-electron chi connectivity index (χ2n) is 12.7. The molecule has 0 spiro atoms. The second kappa shape index (κ2) is 10.3. The van der Waals surface area contributed by atoms with Gasteiger partial charge in [0, 0.05) is 50.6 Å². The van der Waals surface area contributed by atoms with E-state index < -0.39 is 0 Å². The fourth-order valence-corrected chi connectivity index (χ4v) is 7.80. The third kappa shape index (κ3) is 3.80. The first-order valence-corrected chi connectivity index (χ1v) is 16.7. The molecule has 232 valence electrons. The fraction of sp³-hybridized carbons (Fsp3) is 0. The van der Waals surface area contributed by atoms with Crippen molar-refractivity contribution in [3.63, 3.8) is 0 Å². The fourth-order valence-electron chi connectivity index (χ4n) is 7.80. The molecule has 0 radical (unpaired) electrons. The number of para-hydroxylation sites is 2. The summed E-state index contributed by atoms with van der Waals surface area (Å²) in [7, 11) is 0. The van der Waals surface area contributed by atoms with E-state index in [1.54, 1.807) is 12.4 Å². The van der Waals surface area contributed by atoms with Gasteiger partial charge in [0.25, 0.3) is 0 Å². The van der Waals surface area contributed by atoms with Crippen molar-refractivity contribution in [3.05, 3.63) is 152 Å². The number of benzene rings is 6. The van der Waals surface area contributed by atoms with Crippen molar-refractivity contribution in [2.24, 2.45) is 0 Å². The molecular weight excluding hydrogens is 615 g/mol. The summed E-state index contributed by atoms with van der Waals surface area (Å²) in [4.78, 5) is 15.0. The third-order valence-electron chi connectivity index (χ3n) is 9.97. The first-order valence-electron chi connectivity index (χ1n) is 16.7. The van der Waals surface area contributed by atoms with E-state index >= 15 is 0 Å². The van der Waals surface area contributed by atoms with E-state index in [1.807, 2.05) is 42.5 Å². The van der Waals surface area contributed by atoms with Crippen molar-refractivity contribution in [2.75, 3.05) is 0 Å². The molecular formula is C45H25N3O2. The van der Waals surface area contributed by atoms with E-state index in [0.29, 0.717) is 0 Å². The van der Waals surface area contributed by atoms with E-state index in [9.17, 15) is 0 Å². The monoisotopic (exact) mass is 639 g/mol. The maximum atomic E-state index is 6.73. The van der Waals surface area contributed by atoms with Crippen molar-refractivity contribution >= 4 is 76.3 Å². The summed E-state index contributed by atoms with van der Waals surface area (Å²) in [6.45, 7) is 0. The van der Waals surface area contributed by atoms with E-state index in [2.05, 4.69) is 102 Å². The molecule has 0 amide bonds. The van der Waals surface area contributed by atoms with Gasteiger partial charge >= 0.3 is 0 Å². The van der Waals surface area contributed by atoms with Crippen molar-refractivity contribution in [3.8, 4) is 33.8 Å². The summed E-state index contributed by atoms with van der Waals surface area (Å²) in [5, 5.41) is 9.43. The molecule has 0 fully saturated rings. The quantitative estimate of drug-likeness (QED) is 0.180. The van der Waals surface area contributed by atoms with Gasteiger partial charge in [-0.2, -0.15) is 0 Å². The maximum Gasteiger partial charge on any atom is 0.161 e. The summed E-state index contributed by atoms with van der Waals surface area (Å²) < 4.78 is 13.3. The van der Waals surface area contributed by atoms with Gasteiger partial charge in [0.15, 0.2) is 5.58 Å². The van der Waals surface area contributed by atoms with E-state index in [1.165, 1.54) is 0 Å². The molecule has 0 saturated carbocycles. The van der Waals surface area contributed by atoms with Gasteiger partial charge in [-0.25, -0.2) is 9.97 Å². The standard InChI is InChI=1S/C45H25N3O2/c1-3-13-30-28(11-1)39(36-17-9-16-35(47-36)26-22-24-46-25-23-26)29-12-2-4-14-31(29)40(30)43-41-33-15-6-8-19-38(33)49-44(41)34-21-20-32-27-10-5-7-18-37(27)50-45(32)42(34)48-43/h1-25H. The van der Waals surface area contributed by atoms with Crippen LogP contribution in [-0.4, -0.2) is 15.0 Å². The van der Waals surface area contributed by atoms with Crippen LogP contribution in [0.2, 0.25) is 0 Å². The van der Waals surface area contributed by atoms with Gasteiger partial charge in [-0.05, 0) is 70.1 Å². The van der Waals surface area contributed by atoms with Crippen LogP contribution >= 0.6 is 0 Å². The second-order valence-corrected chi connectivity index (χ2v) is 12.7. The average Bonchev–Trinajstić information content (AvgIpc) is 3.77. The Kier molecular flexibility index (Phi) is 5.60. The molecule has 0 aliphatic rings. The highest BCUT2D eigenvalue weighted by molar-refractivity contribution is 6.29. The van der Waals surface area contributed by atoms with Gasteiger partial charge < -0.3 is 8.83 Å². The van der Waals surface area contributed by atoms with Crippen molar-refractivity contribution in [1.29, 1.82) is 0 Å². The lowest BCUT2D eigenvalue weighted by atomic mass is 9.87. The highest BCUT2D eigenvalue weighted by Gasteiger charge is 2.25. The molecule has 5 heterocycles. The molecule has 0 aliphatic heterocycles. The largest absolute Gasteiger partial charge is 0.455 e. The Labute approximate surface area is 285 Å². The minimum Gasteiger partial charge on any atom is -0.455 e. The predicted molar refractivity (Wildman–Crippen MR) is 203 cm³/mol. The Morgan fingerprint density at radius 2 is 0.940 bits per heavy atom. The van der Waals surface area contributed by atoms with Crippen molar-refractivity contribution in [2.45, 2.75) is 0 Å². The molecule has 11 rings (SSSR count). The average molecular weight is 640 g/mol.